The van der Waals surface area contributed by atoms with Crippen molar-refractivity contribution in [3.63, 3.8) is 0 Å². The van der Waals surface area contributed by atoms with Crippen molar-refractivity contribution >= 4 is 28.1 Å². The topological polar surface area (TPSA) is 59.8 Å². The average Bonchev–Trinajstić information content (AvgIpc) is 3.36. The summed E-state index contributed by atoms with van der Waals surface area (Å²) in [7, 11) is 0. The van der Waals surface area contributed by atoms with Crippen LogP contribution in [0, 0.1) is 5.82 Å². The molecule has 7 heteroatoms. The van der Waals surface area contributed by atoms with Crippen molar-refractivity contribution in [2.24, 2.45) is 0 Å². The van der Waals surface area contributed by atoms with Gasteiger partial charge in [-0.2, -0.15) is 16.4 Å². The van der Waals surface area contributed by atoms with E-state index in [2.05, 4.69) is 15.4 Å². The van der Waals surface area contributed by atoms with Crippen LogP contribution in [0.4, 0.5) is 4.39 Å². The van der Waals surface area contributed by atoms with E-state index in [4.69, 9.17) is 0 Å². The molecular formula is C20H17FN4OS. The molecule has 0 radical (unpaired) electrons. The fraction of sp³-hybridized carbons (Fsp3) is 0.150. The Kier molecular flexibility index (Phi) is 4.68. The predicted octanol–water partition coefficient (Wildman–Crippen LogP) is 4.50. The van der Waals surface area contributed by atoms with Gasteiger partial charge in [-0.25, -0.2) is 9.07 Å². The number of rotatable bonds is 5. The molecule has 3 aromatic heterocycles. The van der Waals surface area contributed by atoms with Gasteiger partial charge in [0.05, 0.1) is 35.2 Å². The Bertz CT molecular complexity index is 1070. The lowest BCUT2D eigenvalue weighted by molar-refractivity contribution is 0.0937. The molecule has 1 amide bonds. The van der Waals surface area contributed by atoms with E-state index in [9.17, 15) is 9.18 Å². The number of carbonyl (C=O) groups excluding carboxylic acids is 1. The van der Waals surface area contributed by atoms with Crippen molar-refractivity contribution in [1.82, 2.24) is 20.1 Å². The van der Waals surface area contributed by atoms with E-state index in [1.54, 1.807) is 46.7 Å². The number of thiophene rings is 1. The van der Waals surface area contributed by atoms with Crippen LogP contribution < -0.4 is 5.32 Å². The van der Waals surface area contributed by atoms with E-state index >= 15 is 0 Å². The SMILES string of the molecule is CCC(NC(=O)c1cncc2c1cnn2-c1ccc(F)cc1)c1ccsc1. The fourth-order valence-electron chi connectivity index (χ4n) is 3.04. The molecule has 0 aliphatic carbocycles. The number of carbonyl (C=O) groups is 1. The molecule has 0 spiro atoms. The first-order valence-electron chi connectivity index (χ1n) is 8.58. The minimum Gasteiger partial charge on any atom is -0.345 e. The number of hydrogen-bond acceptors (Lipinski definition) is 4. The van der Waals surface area contributed by atoms with Gasteiger partial charge in [-0.1, -0.05) is 6.92 Å². The molecule has 0 bridgehead atoms. The van der Waals surface area contributed by atoms with Gasteiger partial charge in [0, 0.05) is 11.6 Å². The Labute approximate surface area is 159 Å². The van der Waals surface area contributed by atoms with Gasteiger partial charge >= 0.3 is 0 Å². The Hall–Kier alpha value is -3.06. The van der Waals surface area contributed by atoms with Gasteiger partial charge < -0.3 is 5.32 Å². The third-order valence-corrected chi connectivity index (χ3v) is 5.17. The van der Waals surface area contributed by atoms with E-state index in [-0.39, 0.29) is 17.8 Å². The van der Waals surface area contributed by atoms with Crippen LogP contribution in [0.1, 0.15) is 35.3 Å². The summed E-state index contributed by atoms with van der Waals surface area (Å²) in [5.74, 6) is -0.503. The molecule has 4 aromatic rings. The van der Waals surface area contributed by atoms with Gasteiger partial charge in [-0.05, 0) is 53.1 Å². The van der Waals surface area contributed by atoms with E-state index in [1.807, 2.05) is 23.8 Å². The summed E-state index contributed by atoms with van der Waals surface area (Å²) in [5.41, 5.74) is 2.96. The highest BCUT2D eigenvalue weighted by molar-refractivity contribution is 7.08. The fourth-order valence-corrected chi connectivity index (χ4v) is 3.76. The highest BCUT2D eigenvalue weighted by atomic mass is 32.1. The Morgan fingerprint density at radius 2 is 2.04 bits per heavy atom. The molecule has 0 aliphatic heterocycles. The quantitative estimate of drug-likeness (QED) is 0.554. The van der Waals surface area contributed by atoms with Gasteiger partial charge in [0.15, 0.2) is 0 Å². The molecule has 1 aromatic carbocycles. The highest BCUT2D eigenvalue weighted by Crippen LogP contribution is 2.23. The lowest BCUT2D eigenvalue weighted by atomic mass is 10.1. The molecule has 136 valence electrons. The summed E-state index contributed by atoms with van der Waals surface area (Å²) >= 11 is 1.61. The number of fused-ring (bicyclic) bond motifs is 1. The van der Waals surface area contributed by atoms with Gasteiger partial charge in [0.25, 0.3) is 5.91 Å². The summed E-state index contributed by atoms with van der Waals surface area (Å²) < 4.78 is 14.8. The van der Waals surface area contributed by atoms with Crippen LogP contribution in [0.5, 0.6) is 0 Å². The smallest absolute Gasteiger partial charge is 0.254 e. The number of halogens is 1. The molecule has 1 N–H and O–H groups in total. The second-order valence-corrected chi connectivity index (χ2v) is 6.92. The maximum atomic E-state index is 13.2. The standard InChI is InChI=1S/C20H17FN4OS/c1-2-18(13-7-8-27-12-13)24-20(26)17-9-22-11-19-16(17)10-23-25(19)15-5-3-14(21)4-6-15/h3-12,18H,2H2,1H3,(H,24,26). The molecular weight excluding hydrogens is 363 g/mol. The zero-order chi connectivity index (χ0) is 18.8. The molecule has 0 saturated heterocycles. The second-order valence-electron chi connectivity index (χ2n) is 6.14. The first-order chi connectivity index (χ1) is 13.2. The normalized spacial score (nSPS) is 12.2. The van der Waals surface area contributed by atoms with Crippen LogP contribution in [-0.2, 0) is 0 Å². The van der Waals surface area contributed by atoms with Crippen molar-refractivity contribution in [2.75, 3.05) is 0 Å². The summed E-state index contributed by atoms with van der Waals surface area (Å²) in [6.07, 6.45) is 5.63. The summed E-state index contributed by atoms with van der Waals surface area (Å²) in [5, 5.41) is 12.2. The molecule has 0 aliphatic rings. The van der Waals surface area contributed by atoms with Crippen molar-refractivity contribution < 1.29 is 9.18 Å². The largest absolute Gasteiger partial charge is 0.345 e. The van der Waals surface area contributed by atoms with E-state index in [1.165, 1.54) is 12.1 Å². The molecule has 1 atom stereocenters. The first kappa shape index (κ1) is 17.4. The summed E-state index contributed by atoms with van der Waals surface area (Å²) in [6.45, 7) is 2.04. The van der Waals surface area contributed by atoms with Crippen molar-refractivity contribution in [3.8, 4) is 5.69 Å². The molecule has 4 rings (SSSR count). The summed E-state index contributed by atoms with van der Waals surface area (Å²) in [4.78, 5) is 17.1. The number of pyridine rings is 1. The number of amides is 1. The second kappa shape index (κ2) is 7.28. The van der Waals surface area contributed by atoms with Crippen LogP contribution in [0.25, 0.3) is 16.6 Å². The van der Waals surface area contributed by atoms with Crippen molar-refractivity contribution in [1.29, 1.82) is 0 Å². The minimum absolute atomic E-state index is 0.0499. The monoisotopic (exact) mass is 380 g/mol. The zero-order valence-electron chi connectivity index (χ0n) is 14.6. The van der Waals surface area contributed by atoms with Crippen LogP contribution in [0.3, 0.4) is 0 Å². The van der Waals surface area contributed by atoms with Crippen molar-refractivity contribution in [3.05, 3.63) is 76.6 Å². The van der Waals surface area contributed by atoms with Crippen LogP contribution in [-0.4, -0.2) is 20.7 Å². The maximum Gasteiger partial charge on any atom is 0.254 e. The first-order valence-corrected chi connectivity index (χ1v) is 9.52. The lowest BCUT2D eigenvalue weighted by Crippen LogP contribution is -2.28. The molecule has 1 unspecified atom stereocenters. The molecule has 3 heterocycles. The third-order valence-electron chi connectivity index (χ3n) is 4.47. The van der Waals surface area contributed by atoms with Gasteiger partial charge in [0.2, 0.25) is 0 Å². The predicted molar refractivity (Wildman–Crippen MR) is 104 cm³/mol. The van der Waals surface area contributed by atoms with E-state index < -0.39 is 0 Å². The Balaban J connectivity index is 1.68. The van der Waals surface area contributed by atoms with Crippen LogP contribution >= 0.6 is 11.3 Å². The highest BCUT2D eigenvalue weighted by Gasteiger charge is 2.18. The van der Waals surface area contributed by atoms with Gasteiger partial charge in [0.1, 0.15) is 5.82 Å². The number of hydrogen-bond donors (Lipinski definition) is 1. The number of nitrogens with one attached hydrogen (secondary N) is 1. The zero-order valence-corrected chi connectivity index (χ0v) is 15.4. The van der Waals surface area contributed by atoms with Crippen LogP contribution in [0.2, 0.25) is 0 Å². The molecule has 27 heavy (non-hydrogen) atoms. The molecule has 0 saturated carbocycles. The number of nitrogens with zero attached hydrogens (tertiary/aromatic N) is 3. The lowest BCUT2D eigenvalue weighted by Gasteiger charge is -2.16. The molecule has 5 nitrogen and oxygen atoms in total. The summed E-state index contributed by atoms with van der Waals surface area (Å²) in [6, 6.07) is 7.99. The molecule has 0 fully saturated rings. The van der Waals surface area contributed by atoms with Crippen LogP contribution in [0.15, 0.2) is 59.7 Å². The number of aromatic nitrogens is 3. The van der Waals surface area contributed by atoms with Crippen molar-refractivity contribution in [2.45, 2.75) is 19.4 Å². The van der Waals surface area contributed by atoms with E-state index in [0.717, 1.165) is 12.0 Å². The minimum atomic E-state index is -0.313. The maximum absolute atomic E-state index is 13.2. The van der Waals surface area contributed by atoms with Gasteiger partial charge in [-0.3, -0.25) is 9.78 Å². The number of benzene rings is 1. The van der Waals surface area contributed by atoms with E-state index in [0.29, 0.717) is 22.2 Å². The van der Waals surface area contributed by atoms with Gasteiger partial charge in [-0.15, -0.1) is 0 Å². The third kappa shape index (κ3) is 3.33. The average molecular weight is 380 g/mol. The Morgan fingerprint density at radius 1 is 1.22 bits per heavy atom. The Morgan fingerprint density at radius 3 is 2.74 bits per heavy atom.